The fourth-order valence-electron chi connectivity index (χ4n) is 2.65. The Labute approximate surface area is 148 Å². The SMILES string of the molecule is CC(C)C(=O)N1CCN(c2c(Cl)cccc2NC(=O)C(F)(F)F)CC1. The second-order valence-electron chi connectivity index (χ2n) is 6.05. The number of hydrogen-bond donors (Lipinski definition) is 1. The molecule has 1 heterocycles. The Hall–Kier alpha value is -1.96. The first-order chi connectivity index (χ1) is 11.6. The minimum absolute atomic E-state index is 0.00142. The van der Waals surface area contributed by atoms with Crippen molar-refractivity contribution in [2.75, 3.05) is 36.4 Å². The highest BCUT2D eigenvalue weighted by Gasteiger charge is 2.39. The molecule has 1 aliphatic heterocycles. The van der Waals surface area contributed by atoms with Gasteiger partial charge in [-0.25, -0.2) is 0 Å². The van der Waals surface area contributed by atoms with Crippen LogP contribution in [0.2, 0.25) is 5.02 Å². The summed E-state index contributed by atoms with van der Waals surface area (Å²) in [4.78, 5) is 26.8. The number of alkyl halides is 3. The number of nitrogens with zero attached hydrogens (tertiary/aromatic N) is 2. The second-order valence-corrected chi connectivity index (χ2v) is 6.46. The summed E-state index contributed by atoms with van der Waals surface area (Å²) in [6, 6.07) is 4.39. The zero-order valence-electron chi connectivity index (χ0n) is 13.9. The molecular formula is C16H19ClF3N3O2. The predicted molar refractivity (Wildman–Crippen MR) is 89.8 cm³/mol. The third kappa shape index (κ3) is 4.56. The summed E-state index contributed by atoms with van der Waals surface area (Å²) in [5.74, 6) is -2.14. The van der Waals surface area contributed by atoms with Crippen LogP contribution in [0.15, 0.2) is 18.2 Å². The molecule has 5 nitrogen and oxygen atoms in total. The Morgan fingerprint density at radius 1 is 1.16 bits per heavy atom. The number of nitrogens with one attached hydrogen (secondary N) is 1. The molecule has 1 aromatic rings. The number of carbonyl (C=O) groups is 2. The molecule has 0 aromatic heterocycles. The van der Waals surface area contributed by atoms with E-state index in [4.69, 9.17) is 11.6 Å². The van der Waals surface area contributed by atoms with Gasteiger partial charge in [0.1, 0.15) is 0 Å². The molecule has 1 aliphatic rings. The van der Waals surface area contributed by atoms with Crippen LogP contribution in [0.5, 0.6) is 0 Å². The van der Waals surface area contributed by atoms with E-state index in [2.05, 4.69) is 0 Å². The molecular weight excluding hydrogens is 359 g/mol. The summed E-state index contributed by atoms with van der Waals surface area (Å²) >= 11 is 6.16. The number of para-hydroxylation sites is 1. The molecule has 0 unspecified atom stereocenters. The molecule has 1 fully saturated rings. The van der Waals surface area contributed by atoms with Gasteiger partial charge >= 0.3 is 12.1 Å². The lowest BCUT2D eigenvalue weighted by Gasteiger charge is -2.38. The second kappa shape index (κ2) is 7.51. The summed E-state index contributed by atoms with van der Waals surface area (Å²) in [5, 5.41) is 2.11. The van der Waals surface area contributed by atoms with Crippen LogP contribution in [0.4, 0.5) is 24.5 Å². The standard InChI is InChI=1S/C16H19ClF3N3O2/c1-10(2)14(24)23-8-6-22(7-9-23)13-11(17)4-3-5-12(13)21-15(25)16(18,19)20/h3-5,10H,6-9H2,1-2H3,(H,21,25). The summed E-state index contributed by atoms with van der Waals surface area (Å²) in [6.45, 7) is 5.33. The van der Waals surface area contributed by atoms with Gasteiger partial charge < -0.3 is 15.1 Å². The molecule has 0 atom stereocenters. The first-order valence-electron chi connectivity index (χ1n) is 7.81. The molecule has 1 saturated heterocycles. The van der Waals surface area contributed by atoms with Gasteiger partial charge in [0.05, 0.1) is 16.4 Å². The molecule has 2 amide bonds. The van der Waals surface area contributed by atoms with Gasteiger partial charge in [0.25, 0.3) is 0 Å². The van der Waals surface area contributed by atoms with Gasteiger partial charge in [-0.15, -0.1) is 0 Å². The van der Waals surface area contributed by atoms with Crippen molar-refractivity contribution in [1.29, 1.82) is 0 Å². The van der Waals surface area contributed by atoms with Crippen LogP contribution < -0.4 is 10.2 Å². The van der Waals surface area contributed by atoms with E-state index in [0.717, 1.165) is 0 Å². The van der Waals surface area contributed by atoms with Crippen LogP contribution in [0, 0.1) is 5.92 Å². The number of anilines is 2. The first kappa shape index (κ1) is 19.4. The zero-order valence-corrected chi connectivity index (χ0v) is 14.6. The molecule has 1 aromatic carbocycles. The zero-order chi connectivity index (χ0) is 18.8. The van der Waals surface area contributed by atoms with Gasteiger partial charge in [-0.2, -0.15) is 13.2 Å². The quantitative estimate of drug-likeness (QED) is 0.880. The Morgan fingerprint density at radius 2 is 1.76 bits per heavy atom. The minimum atomic E-state index is -4.98. The van der Waals surface area contributed by atoms with Crippen molar-refractivity contribution in [2.45, 2.75) is 20.0 Å². The maximum Gasteiger partial charge on any atom is 0.471 e. The number of hydrogen-bond acceptors (Lipinski definition) is 3. The van der Waals surface area contributed by atoms with Crippen molar-refractivity contribution in [1.82, 2.24) is 4.90 Å². The maximum atomic E-state index is 12.5. The number of rotatable bonds is 3. The van der Waals surface area contributed by atoms with Crippen molar-refractivity contribution in [2.24, 2.45) is 5.92 Å². The van der Waals surface area contributed by atoms with Crippen LogP contribution >= 0.6 is 11.6 Å². The number of amides is 2. The Bertz CT molecular complexity index is 657. The monoisotopic (exact) mass is 377 g/mol. The van der Waals surface area contributed by atoms with Gasteiger partial charge in [0.15, 0.2) is 0 Å². The van der Waals surface area contributed by atoms with Gasteiger partial charge in [-0.05, 0) is 12.1 Å². The first-order valence-corrected chi connectivity index (χ1v) is 8.19. The number of benzene rings is 1. The highest BCUT2D eigenvalue weighted by molar-refractivity contribution is 6.34. The highest BCUT2D eigenvalue weighted by Crippen LogP contribution is 2.35. The minimum Gasteiger partial charge on any atom is -0.365 e. The van der Waals surface area contributed by atoms with Crippen LogP contribution in [-0.2, 0) is 9.59 Å². The van der Waals surface area contributed by atoms with E-state index in [1.165, 1.54) is 12.1 Å². The third-order valence-electron chi connectivity index (χ3n) is 3.89. The average molecular weight is 378 g/mol. The normalized spacial score (nSPS) is 15.5. The van der Waals surface area contributed by atoms with Gasteiger partial charge in [0.2, 0.25) is 5.91 Å². The lowest BCUT2D eigenvalue weighted by molar-refractivity contribution is -0.167. The van der Waals surface area contributed by atoms with Gasteiger partial charge in [0, 0.05) is 32.1 Å². The summed E-state index contributed by atoms with van der Waals surface area (Å²) in [5.41, 5.74) is 0.330. The molecule has 138 valence electrons. The molecule has 0 aliphatic carbocycles. The highest BCUT2D eigenvalue weighted by atomic mass is 35.5. The molecule has 0 spiro atoms. The molecule has 2 rings (SSSR count). The van der Waals surface area contributed by atoms with Crippen molar-refractivity contribution in [3.8, 4) is 0 Å². The molecule has 9 heteroatoms. The Balaban J connectivity index is 2.17. The van der Waals surface area contributed by atoms with Crippen LogP contribution in [0.1, 0.15) is 13.8 Å². The van der Waals surface area contributed by atoms with Gasteiger partial charge in [-0.3, -0.25) is 9.59 Å². The van der Waals surface area contributed by atoms with Crippen LogP contribution in [0.3, 0.4) is 0 Å². The molecule has 0 radical (unpaired) electrons. The fraction of sp³-hybridized carbons (Fsp3) is 0.500. The van der Waals surface area contributed by atoms with Crippen molar-refractivity contribution in [3.63, 3.8) is 0 Å². The third-order valence-corrected chi connectivity index (χ3v) is 4.20. The van der Waals surface area contributed by atoms with E-state index in [-0.39, 0.29) is 22.5 Å². The van der Waals surface area contributed by atoms with E-state index in [1.807, 2.05) is 19.2 Å². The van der Waals surface area contributed by atoms with E-state index in [0.29, 0.717) is 31.9 Å². The molecule has 1 N–H and O–H groups in total. The number of halogens is 4. The lowest BCUT2D eigenvalue weighted by atomic mass is 10.1. The lowest BCUT2D eigenvalue weighted by Crippen LogP contribution is -2.50. The van der Waals surface area contributed by atoms with E-state index < -0.39 is 12.1 Å². The van der Waals surface area contributed by atoms with E-state index in [1.54, 1.807) is 15.9 Å². The van der Waals surface area contributed by atoms with Crippen molar-refractivity contribution in [3.05, 3.63) is 23.2 Å². The maximum absolute atomic E-state index is 12.5. The number of carbonyl (C=O) groups excluding carboxylic acids is 2. The molecule has 0 saturated carbocycles. The molecule has 0 bridgehead atoms. The van der Waals surface area contributed by atoms with Crippen molar-refractivity contribution >= 4 is 34.8 Å². The summed E-state index contributed by atoms with van der Waals surface area (Å²) in [7, 11) is 0. The fourth-order valence-corrected chi connectivity index (χ4v) is 2.94. The van der Waals surface area contributed by atoms with E-state index >= 15 is 0 Å². The Kier molecular flexibility index (Phi) is 5.82. The largest absolute Gasteiger partial charge is 0.471 e. The van der Waals surface area contributed by atoms with Crippen molar-refractivity contribution < 1.29 is 22.8 Å². The average Bonchev–Trinajstić information content (AvgIpc) is 2.53. The summed E-state index contributed by atoms with van der Waals surface area (Å²) in [6.07, 6.45) is -4.98. The smallest absolute Gasteiger partial charge is 0.365 e. The predicted octanol–water partition coefficient (Wildman–Crippen LogP) is 3.15. The molecule has 25 heavy (non-hydrogen) atoms. The number of piperazine rings is 1. The topological polar surface area (TPSA) is 52.7 Å². The van der Waals surface area contributed by atoms with Crippen LogP contribution in [-0.4, -0.2) is 49.1 Å². The summed E-state index contributed by atoms with van der Waals surface area (Å²) < 4.78 is 37.6. The van der Waals surface area contributed by atoms with Gasteiger partial charge in [-0.1, -0.05) is 31.5 Å². The Morgan fingerprint density at radius 3 is 2.28 bits per heavy atom. The van der Waals surface area contributed by atoms with E-state index in [9.17, 15) is 22.8 Å². The van der Waals surface area contributed by atoms with Crippen LogP contribution in [0.25, 0.3) is 0 Å².